The fraction of sp³-hybridized carbons (Fsp3) is 0.0714. The van der Waals surface area contributed by atoms with Crippen LogP contribution in [0, 0.1) is 5.82 Å². The summed E-state index contributed by atoms with van der Waals surface area (Å²) in [6, 6.07) is 6.16. The van der Waals surface area contributed by atoms with Crippen LogP contribution in [0.25, 0.3) is 4.96 Å². The fourth-order valence-electron chi connectivity index (χ4n) is 1.64. The SMILES string of the molecule is NCc1ccc(F)cc1.O=C(O)c1nc2sccn2c(=O)c1O. The van der Waals surface area contributed by atoms with Gasteiger partial charge in [-0.1, -0.05) is 12.1 Å². The van der Waals surface area contributed by atoms with Gasteiger partial charge in [-0.2, -0.15) is 0 Å². The van der Waals surface area contributed by atoms with Crippen LogP contribution in [0.3, 0.4) is 0 Å². The Balaban J connectivity index is 0.000000185. The summed E-state index contributed by atoms with van der Waals surface area (Å²) in [6.07, 6.45) is 1.42. The summed E-state index contributed by atoms with van der Waals surface area (Å²) < 4.78 is 13.3. The molecular formula is C14H12FN3O4S. The molecule has 9 heteroatoms. The Hall–Kier alpha value is -2.78. The Labute approximate surface area is 133 Å². The second-order valence-electron chi connectivity index (χ2n) is 4.31. The third kappa shape index (κ3) is 3.71. The van der Waals surface area contributed by atoms with Gasteiger partial charge in [-0.25, -0.2) is 14.2 Å². The molecule has 0 unspecified atom stereocenters. The van der Waals surface area contributed by atoms with E-state index in [-0.39, 0.29) is 10.8 Å². The normalized spacial score (nSPS) is 10.2. The van der Waals surface area contributed by atoms with Gasteiger partial charge in [0.05, 0.1) is 0 Å². The molecule has 0 amide bonds. The highest BCUT2D eigenvalue weighted by Gasteiger charge is 2.17. The van der Waals surface area contributed by atoms with Crippen molar-refractivity contribution >= 4 is 22.3 Å². The lowest BCUT2D eigenvalue weighted by atomic mass is 10.2. The van der Waals surface area contributed by atoms with E-state index in [2.05, 4.69) is 4.98 Å². The monoisotopic (exact) mass is 337 g/mol. The van der Waals surface area contributed by atoms with E-state index >= 15 is 0 Å². The molecule has 3 rings (SSSR count). The Morgan fingerprint density at radius 1 is 1.35 bits per heavy atom. The molecule has 0 fully saturated rings. The van der Waals surface area contributed by atoms with Crippen LogP contribution in [0.15, 0.2) is 40.6 Å². The van der Waals surface area contributed by atoms with Crippen LogP contribution in [0.1, 0.15) is 16.1 Å². The van der Waals surface area contributed by atoms with Crippen molar-refractivity contribution in [1.29, 1.82) is 0 Å². The standard InChI is InChI=1S/C7H8FN.C7H4N2O4S/c8-7-3-1-6(5-9)2-4-7;10-4-3(6(12)13)8-7-9(5(4)11)1-2-14-7/h1-4H,5,9H2;1-2,10H,(H,12,13). The number of carboxylic acid groups (broad SMARTS) is 1. The lowest BCUT2D eigenvalue weighted by Crippen LogP contribution is -2.16. The molecule has 0 aliphatic rings. The molecule has 2 heterocycles. The predicted octanol–water partition coefficient (Wildman–Crippen LogP) is 1.44. The van der Waals surface area contributed by atoms with Crippen LogP contribution < -0.4 is 11.3 Å². The highest BCUT2D eigenvalue weighted by molar-refractivity contribution is 7.15. The summed E-state index contributed by atoms with van der Waals surface area (Å²) in [7, 11) is 0. The number of rotatable bonds is 2. The third-order valence-corrected chi connectivity index (χ3v) is 3.55. The molecule has 0 radical (unpaired) electrons. The van der Waals surface area contributed by atoms with Crippen molar-refractivity contribution in [1.82, 2.24) is 9.38 Å². The quantitative estimate of drug-likeness (QED) is 0.651. The molecule has 0 saturated carbocycles. The minimum Gasteiger partial charge on any atom is -0.501 e. The first-order chi connectivity index (χ1) is 10.9. The van der Waals surface area contributed by atoms with Crippen molar-refractivity contribution in [2.24, 2.45) is 5.73 Å². The van der Waals surface area contributed by atoms with Crippen LogP contribution in [0.4, 0.5) is 4.39 Å². The van der Waals surface area contributed by atoms with Gasteiger partial charge in [0.1, 0.15) is 5.82 Å². The van der Waals surface area contributed by atoms with Crippen molar-refractivity contribution in [3.63, 3.8) is 0 Å². The Kier molecular flexibility index (Phi) is 5.04. The fourth-order valence-corrected chi connectivity index (χ4v) is 2.35. The number of thiazole rings is 1. The maximum atomic E-state index is 12.2. The van der Waals surface area contributed by atoms with E-state index in [0.717, 1.165) is 21.3 Å². The van der Waals surface area contributed by atoms with Crippen LogP contribution >= 0.6 is 11.3 Å². The van der Waals surface area contributed by atoms with E-state index in [1.807, 2.05) is 0 Å². The van der Waals surface area contributed by atoms with Crippen LogP contribution in [-0.4, -0.2) is 25.6 Å². The first-order valence-corrected chi connectivity index (χ1v) is 7.18. The molecule has 1 aromatic carbocycles. The van der Waals surface area contributed by atoms with Gasteiger partial charge in [0.25, 0.3) is 0 Å². The van der Waals surface area contributed by atoms with Gasteiger partial charge in [0, 0.05) is 18.1 Å². The van der Waals surface area contributed by atoms with Gasteiger partial charge in [-0.15, -0.1) is 11.3 Å². The maximum Gasteiger partial charge on any atom is 0.358 e. The average Bonchev–Trinajstić information content (AvgIpc) is 3.01. The molecule has 2 aromatic heterocycles. The molecule has 120 valence electrons. The molecule has 4 N–H and O–H groups in total. The van der Waals surface area contributed by atoms with E-state index < -0.39 is 23.0 Å². The minimum absolute atomic E-state index is 0.216. The summed E-state index contributed by atoms with van der Waals surface area (Å²) in [5, 5.41) is 19.4. The van der Waals surface area contributed by atoms with Gasteiger partial charge in [0.15, 0.2) is 10.7 Å². The summed E-state index contributed by atoms with van der Waals surface area (Å²) in [6.45, 7) is 0.472. The summed E-state index contributed by atoms with van der Waals surface area (Å²) in [5.41, 5.74) is 4.85. The van der Waals surface area contributed by atoms with Gasteiger partial charge in [-0.05, 0) is 17.7 Å². The van der Waals surface area contributed by atoms with Crippen molar-refractivity contribution in [3.8, 4) is 5.75 Å². The average molecular weight is 337 g/mol. The van der Waals surface area contributed by atoms with E-state index in [1.54, 1.807) is 17.5 Å². The third-order valence-electron chi connectivity index (χ3n) is 2.79. The second kappa shape index (κ2) is 6.99. The number of carbonyl (C=O) groups is 1. The van der Waals surface area contributed by atoms with Crippen LogP contribution in [0.2, 0.25) is 0 Å². The van der Waals surface area contributed by atoms with Gasteiger partial charge >= 0.3 is 11.5 Å². The molecule has 0 aliphatic heterocycles. The number of halogens is 1. The van der Waals surface area contributed by atoms with E-state index in [1.165, 1.54) is 18.3 Å². The molecule has 3 aromatic rings. The first-order valence-electron chi connectivity index (χ1n) is 6.30. The summed E-state index contributed by atoms with van der Waals surface area (Å²) >= 11 is 1.12. The zero-order valence-corrected chi connectivity index (χ0v) is 12.5. The molecule has 0 spiro atoms. The van der Waals surface area contributed by atoms with Crippen LogP contribution in [0.5, 0.6) is 5.75 Å². The number of nitrogens with two attached hydrogens (primary N) is 1. The molecular weight excluding hydrogens is 325 g/mol. The summed E-state index contributed by atoms with van der Waals surface area (Å²) in [5.74, 6) is -2.48. The molecule has 7 nitrogen and oxygen atoms in total. The number of hydrogen-bond acceptors (Lipinski definition) is 6. The number of aromatic nitrogens is 2. The van der Waals surface area contributed by atoms with Gasteiger partial charge in [-0.3, -0.25) is 9.20 Å². The van der Waals surface area contributed by atoms with Gasteiger partial charge in [0.2, 0.25) is 5.75 Å². The molecule has 0 saturated heterocycles. The zero-order chi connectivity index (χ0) is 17.0. The Bertz CT molecular complexity index is 889. The predicted molar refractivity (Wildman–Crippen MR) is 82.3 cm³/mol. The highest BCUT2D eigenvalue weighted by atomic mass is 32.1. The number of aromatic carboxylic acids is 1. The van der Waals surface area contributed by atoms with Crippen molar-refractivity contribution in [2.75, 3.05) is 0 Å². The number of nitrogens with zero attached hydrogens (tertiary/aromatic N) is 2. The number of hydrogen-bond donors (Lipinski definition) is 3. The van der Waals surface area contributed by atoms with E-state index in [0.29, 0.717) is 6.54 Å². The first kappa shape index (κ1) is 16.6. The zero-order valence-electron chi connectivity index (χ0n) is 11.6. The number of benzene rings is 1. The molecule has 23 heavy (non-hydrogen) atoms. The highest BCUT2D eigenvalue weighted by Crippen LogP contribution is 2.13. The number of aromatic hydroxyl groups is 1. The number of carboxylic acids is 1. The topological polar surface area (TPSA) is 118 Å². The van der Waals surface area contributed by atoms with E-state index in [4.69, 9.17) is 10.8 Å². The van der Waals surface area contributed by atoms with Crippen molar-refractivity contribution < 1.29 is 19.4 Å². The molecule has 0 bridgehead atoms. The molecule has 0 aliphatic carbocycles. The van der Waals surface area contributed by atoms with Gasteiger partial charge < -0.3 is 15.9 Å². The van der Waals surface area contributed by atoms with Crippen molar-refractivity contribution in [2.45, 2.75) is 6.54 Å². The van der Waals surface area contributed by atoms with Crippen molar-refractivity contribution in [3.05, 3.63) is 63.3 Å². The van der Waals surface area contributed by atoms with Crippen LogP contribution in [-0.2, 0) is 6.54 Å². The van der Waals surface area contributed by atoms with E-state index in [9.17, 15) is 19.1 Å². The Morgan fingerprint density at radius 2 is 2.00 bits per heavy atom. The lowest BCUT2D eigenvalue weighted by Gasteiger charge is -1.97. The second-order valence-corrected chi connectivity index (χ2v) is 5.18. The maximum absolute atomic E-state index is 12.2. The smallest absolute Gasteiger partial charge is 0.358 e. The largest absolute Gasteiger partial charge is 0.501 e. The molecule has 0 atom stereocenters. The number of fused-ring (bicyclic) bond motifs is 1. The lowest BCUT2D eigenvalue weighted by molar-refractivity contribution is 0.0687. The summed E-state index contributed by atoms with van der Waals surface area (Å²) in [4.78, 5) is 25.8. The Morgan fingerprint density at radius 3 is 2.57 bits per heavy atom. The minimum atomic E-state index is -1.42.